The molecule has 18 heavy (non-hydrogen) atoms. The lowest BCUT2D eigenvalue weighted by atomic mass is 10.0. The van der Waals surface area contributed by atoms with Crippen LogP contribution in [0.4, 0.5) is 0 Å². The summed E-state index contributed by atoms with van der Waals surface area (Å²) < 4.78 is 10.9. The van der Waals surface area contributed by atoms with Crippen molar-refractivity contribution in [3.8, 4) is 5.75 Å². The average molecular weight is 253 g/mol. The highest BCUT2D eigenvalue weighted by Crippen LogP contribution is 2.22. The number of nitrogens with two attached hydrogens (primary N) is 1. The van der Waals surface area contributed by atoms with E-state index in [1.807, 2.05) is 26.8 Å². The quantitative estimate of drug-likeness (QED) is 0.573. The van der Waals surface area contributed by atoms with Crippen molar-refractivity contribution >= 4 is 0 Å². The second-order valence-electron chi connectivity index (χ2n) is 4.62. The van der Waals surface area contributed by atoms with Gasteiger partial charge in [0.2, 0.25) is 0 Å². The molecule has 2 atom stereocenters. The number of methoxy groups -OCH3 is 1. The lowest BCUT2D eigenvalue weighted by Gasteiger charge is -2.20. The lowest BCUT2D eigenvalue weighted by Crippen LogP contribution is -2.30. The second kappa shape index (κ2) is 7.31. The molecule has 102 valence electrons. The summed E-state index contributed by atoms with van der Waals surface area (Å²) in [5, 5.41) is 0. The zero-order chi connectivity index (χ0) is 13.5. The Morgan fingerprint density at radius 3 is 2.61 bits per heavy atom. The molecule has 0 aromatic carbocycles. The number of hydrogen-bond acceptors (Lipinski definition) is 5. The maximum Gasteiger partial charge on any atom is 0.138 e. The van der Waals surface area contributed by atoms with E-state index < -0.39 is 0 Å². The van der Waals surface area contributed by atoms with Crippen molar-refractivity contribution in [2.24, 2.45) is 5.84 Å². The Bertz CT molecular complexity index is 358. The lowest BCUT2D eigenvalue weighted by molar-refractivity contribution is 0.100. The van der Waals surface area contributed by atoms with Crippen molar-refractivity contribution in [1.82, 2.24) is 10.4 Å². The van der Waals surface area contributed by atoms with Crippen LogP contribution in [0.5, 0.6) is 5.75 Å². The Labute approximate surface area is 109 Å². The fourth-order valence-electron chi connectivity index (χ4n) is 1.69. The maximum absolute atomic E-state index is 5.62. The summed E-state index contributed by atoms with van der Waals surface area (Å²) in [5.41, 5.74) is 3.79. The van der Waals surface area contributed by atoms with Crippen LogP contribution < -0.4 is 16.0 Å². The van der Waals surface area contributed by atoms with Gasteiger partial charge in [0.15, 0.2) is 0 Å². The minimum Gasteiger partial charge on any atom is -0.489 e. The molecule has 0 aliphatic heterocycles. The van der Waals surface area contributed by atoms with Gasteiger partial charge in [0, 0.05) is 13.3 Å². The SMILES string of the molecule is COC(C)CC(NN)c1cncc(OC(C)C)c1. The standard InChI is InChI=1S/C13H23N3O2/c1-9(2)18-12-6-11(7-15-8-12)13(16-14)5-10(3)17-4/h6-10,13,16H,5,14H2,1-4H3. The third-order valence-electron chi connectivity index (χ3n) is 2.68. The number of nitrogens with one attached hydrogen (secondary N) is 1. The predicted molar refractivity (Wildman–Crippen MR) is 71.2 cm³/mol. The number of hydrazine groups is 1. The van der Waals surface area contributed by atoms with Gasteiger partial charge in [0.05, 0.1) is 24.4 Å². The zero-order valence-electron chi connectivity index (χ0n) is 11.5. The first kappa shape index (κ1) is 14.9. The highest BCUT2D eigenvalue weighted by molar-refractivity contribution is 5.26. The Hall–Kier alpha value is -1.17. The molecule has 0 spiro atoms. The smallest absolute Gasteiger partial charge is 0.138 e. The topological polar surface area (TPSA) is 69.4 Å². The average Bonchev–Trinajstić information content (AvgIpc) is 2.35. The Balaban J connectivity index is 2.79. The highest BCUT2D eigenvalue weighted by Gasteiger charge is 2.15. The number of nitrogens with zero attached hydrogens (tertiary/aromatic N) is 1. The molecular weight excluding hydrogens is 230 g/mol. The molecule has 3 N–H and O–H groups in total. The molecule has 0 radical (unpaired) electrons. The molecule has 1 aromatic heterocycles. The summed E-state index contributed by atoms with van der Waals surface area (Å²) in [7, 11) is 1.69. The monoisotopic (exact) mass is 253 g/mol. The van der Waals surface area contributed by atoms with E-state index in [1.165, 1.54) is 0 Å². The van der Waals surface area contributed by atoms with E-state index in [1.54, 1.807) is 19.5 Å². The molecule has 0 fully saturated rings. The second-order valence-corrected chi connectivity index (χ2v) is 4.62. The van der Waals surface area contributed by atoms with Crippen molar-refractivity contribution < 1.29 is 9.47 Å². The number of pyridine rings is 1. The van der Waals surface area contributed by atoms with Crippen molar-refractivity contribution in [2.75, 3.05) is 7.11 Å². The summed E-state index contributed by atoms with van der Waals surface area (Å²) in [6.45, 7) is 5.98. The molecule has 5 heteroatoms. The summed E-state index contributed by atoms with van der Waals surface area (Å²) >= 11 is 0. The van der Waals surface area contributed by atoms with Gasteiger partial charge in [0.25, 0.3) is 0 Å². The van der Waals surface area contributed by atoms with E-state index in [-0.39, 0.29) is 18.2 Å². The summed E-state index contributed by atoms with van der Waals surface area (Å²) in [4.78, 5) is 4.18. The molecule has 1 aromatic rings. The largest absolute Gasteiger partial charge is 0.489 e. The minimum atomic E-state index is 0.00293. The molecule has 0 amide bonds. The molecule has 0 saturated heterocycles. The van der Waals surface area contributed by atoms with Crippen LogP contribution in [0.15, 0.2) is 18.5 Å². The van der Waals surface area contributed by atoms with E-state index in [9.17, 15) is 0 Å². The molecule has 1 rings (SSSR count). The third-order valence-corrected chi connectivity index (χ3v) is 2.68. The number of ether oxygens (including phenoxy) is 2. The predicted octanol–water partition coefficient (Wildman–Crippen LogP) is 1.80. The number of hydrogen-bond donors (Lipinski definition) is 2. The highest BCUT2D eigenvalue weighted by atomic mass is 16.5. The van der Waals surface area contributed by atoms with Gasteiger partial charge >= 0.3 is 0 Å². The zero-order valence-corrected chi connectivity index (χ0v) is 11.5. The van der Waals surface area contributed by atoms with Gasteiger partial charge in [-0.05, 0) is 38.8 Å². The summed E-state index contributed by atoms with van der Waals surface area (Å²) in [6.07, 6.45) is 4.53. The Morgan fingerprint density at radius 2 is 2.06 bits per heavy atom. The van der Waals surface area contributed by atoms with Crippen molar-refractivity contribution in [3.05, 3.63) is 24.0 Å². The van der Waals surface area contributed by atoms with Crippen LogP contribution in [-0.4, -0.2) is 24.3 Å². The molecule has 0 aliphatic rings. The van der Waals surface area contributed by atoms with Crippen molar-refractivity contribution in [3.63, 3.8) is 0 Å². The van der Waals surface area contributed by atoms with Crippen LogP contribution in [0.25, 0.3) is 0 Å². The molecule has 5 nitrogen and oxygen atoms in total. The molecule has 0 aliphatic carbocycles. The van der Waals surface area contributed by atoms with Crippen LogP contribution in [0, 0.1) is 0 Å². The molecule has 0 bridgehead atoms. The molecular formula is C13H23N3O2. The van der Waals surface area contributed by atoms with Crippen LogP contribution >= 0.6 is 0 Å². The Morgan fingerprint density at radius 1 is 1.33 bits per heavy atom. The molecule has 0 saturated carbocycles. The van der Waals surface area contributed by atoms with E-state index in [2.05, 4.69) is 10.4 Å². The van der Waals surface area contributed by atoms with Crippen LogP contribution in [-0.2, 0) is 4.74 Å². The first-order chi connectivity index (χ1) is 8.56. The summed E-state index contributed by atoms with van der Waals surface area (Å²) in [5.74, 6) is 6.34. The van der Waals surface area contributed by atoms with E-state index in [0.717, 1.165) is 17.7 Å². The van der Waals surface area contributed by atoms with Crippen LogP contribution in [0.3, 0.4) is 0 Å². The summed E-state index contributed by atoms with van der Waals surface area (Å²) in [6, 6.07) is 1.96. The van der Waals surface area contributed by atoms with Crippen molar-refractivity contribution in [2.45, 2.75) is 45.4 Å². The molecule has 2 unspecified atom stereocenters. The number of rotatable bonds is 7. The van der Waals surface area contributed by atoms with Gasteiger partial charge in [-0.2, -0.15) is 0 Å². The first-order valence-corrected chi connectivity index (χ1v) is 6.17. The first-order valence-electron chi connectivity index (χ1n) is 6.17. The maximum atomic E-state index is 5.62. The minimum absolute atomic E-state index is 0.00293. The van der Waals surface area contributed by atoms with Gasteiger partial charge in [-0.1, -0.05) is 0 Å². The normalized spacial score (nSPS) is 14.6. The van der Waals surface area contributed by atoms with Crippen molar-refractivity contribution in [1.29, 1.82) is 0 Å². The van der Waals surface area contributed by atoms with Gasteiger partial charge in [0.1, 0.15) is 5.75 Å². The van der Waals surface area contributed by atoms with E-state index in [0.29, 0.717) is 0 Å². The number of aromatic nitrogens is 1. The van der Waals surface area contributed by atoms with Gasteiger partial charge < -0.3 is 9.47 Å². The van der Waals surface area contributed by atoms with E-state index >= 15 is 0 Å². The Kier molecular flexibility index (Phi) is 6.04. The molecule has 1 heterocycles. The van der Waals surface area contributed by atoms with Gasteiger partial charge in [-0.25, -0.2) is 0 Å². The van der Waals surface area contributed by atoms with Crippen LogP contribution in [0.2, 0.25) is 0 Å². The van der Waals surface area contributed by atoms with Gasteiger partial charge in [-0.3, -0.25) is 16.3 Å². The fraction of sp³-hybridized carbons (Fsp3) is 0.615. The van der Waals surface area contributed by atoms with E-state index in [4.69, 9.17) is 15.3 Å². The third kappa shape index (κ3) is 4.60. The fourth-order valence-corrected chi connectivity index (χ4v) is 1.69. The van der Waals surface area contributed by atoms with Crippen LogP contribution in [0.1, 0.15) is 38.8 Å². The van der Waals surface area contributed by atoms with Gasteiger partial charge in [-0.15, -0.1) is 0 Å².